The van der Waals surface area contributed by atoms with Crippen molar-refractivity contribution in [1.29, 1.82) is 0 Å². The van der Waals surface area contributed by atoms with Crippen molar-refractivity contribution in [3.8, 4) is 101 Å². The summed E-state index contributed by atoms with van der Waals surface area (Å²) in [4.78, 5) is 15.6. The Kier molecular flexibility index (Phi) is 11.4. The fourth-order valence-corrected chi connectivity index (χ4v) is 11.7. The molecular formula is C75H49N5. The normalized spacial score (nSPS) is 11.5. The molecule has 80 heavy (non-hydrogen) atoms. The number of para-hydroxylation sites is 4. The third kappa shape index (κ3) is 8.24. The van der Waals surface area contributed by atoms with Gasteiger partial charge in [0.2, 0.25) is 0 Å². The molecule has 0 radical (unpaired) electrons. The molecule has 5 heteroatoms. The smallest absolute Gasteiger partial charge is 0.164 e. The molecule has 15 rings (SSSR count). The van der Waals surface area contributed by atoms with Gasteiger partial charge in [-0.1, -0.05) is 249 Å². The summed E-state index contributed by atoms with van der Waals surface area (Å²) >= 11 is 0. The summed E-state index contributed by atoms with van der Waals surface area (Å²) in [6.45, 7) is 0. The van der Waals surface area contributed by atoms with Crippen LogP contribution in [-0.4, -0.2) is 24.1 Å². The summed E-state index contributed by atoms with van der Waals surface area (Å²) in [6, 6.07) is 106. The summed E-state index contributed by atoms with van der Waals surface area (Å²) in [5, 5.41) is 4.88. The number of aromatic nitrogens is 5. The number of benzene rings is 12. The van der Waals surface area contributed by atoms with Crippen LogP contribution in [0.25, 0.3) is 145 Å². The zero-order valence-corrected chi connectivity index (χ0v) is 43.5. The van der Waals surface area contributed by atoms with Crippen LogP contribution >= 0.6 is 0 Å². The van der Waals surface area contributed by atoms with Crippen LogP contribution in [0.1, 0.15) is 0 Å². The molecule has 0 saturated carbocycles. The van der Waals surface area contributed by atoms with Crippen LogP contribution < -0.4 is 0 Å². The first-order valence-electron chi connectivity index (χ1n) is 27.2. The molecule has 0 aliphatic carbocycles. The fraction of sp³-hybridized carbons (Fsp3) is 0. The second-order valence-corrected chi connectivity index (χ2v) is 20.3. The lowest BCUT2D eigenvalue weighted by atomic mass is 9.94. The number of rotatable bonds is 10. The van der Waals surface area contributed by atoms with E-state index in [0.29, 0.717) is 17.5 Å². The van der Waals surface area contributed by atoms with Gasteiger partial charge in [-0.05, 0) is 93.0 Å². The highest BCUT2D eigenvalue weighted by molar-refractivity contribution is 6.11. The maximum Gasteiger partial charge on any atom is 0.164 e. The molecule has 12 aromatic carbocycles. The Balaban J connectivity index is 0.816. The van der Waals surface area contributed by atoms with Gasteiger partial charge in [-0.2, -0.15) is 0 Å². The topological polar surface area (TPSA) is 48.5 Å². The van der Waals surface area contributed by atoms with Crippen molar-refractivity contribution in [2.75, 3.05) is 0 Å². The molecule has 0 atom stereocenters. The molecule has 0 unspecified atom stereocenters. The van der Waals surface area contributed by atoms with Crippen molar-refractivity contribution in [2.45, 2.75) is 0 Å². The summed E-state index contributed by atoms with van der Waals surface area (Å²) in [7, 11) is 0. The standard InChI is InChI=1S/C75H49N5/c1-4-19-50(20-5-1)57-25-18-26-58(47-57)59-44-46-71(79-67-31-14-10-27-62(67)63-28-11-15-32-68(63)79)66(48-59)54-39-35-51(36-40-54)52-37-41-56(42-38-52)74-76-73(55-23-8-3-9-24-55)77-75(78-74)60-43-45-61(53-21-6-2-7-22-53)72(49-60)80-69-33-16-12-29-64(69)65-30-13-17-34-70(65)80/h1-49H. The highest BCUT2D eigenvalue weighted by atomic mass is 15.0. The van der Waals surface area contributed by atoms with Crippen LogP contribution in [0.4, 0.5) is 0 Å². The third-order valence-corrected chi connectivity index (χ3v) is 15.6. The van der Waals surface area contributed by atoms with Crippen molar-refractivity contribution < 1.29 is 0 Å². The third-order valence-electron chi connectivity index (χ3n) is 15.6. The van der Waals surface area contributed by atoms with Crippen LogP contribution in [-0.2, 0) is 0 Å². The first-order chi connectivity index (χ1) is 39.7. The largest absolute Gasteiger partial charge is 0.309 e. The lowest BCUT2D eigenvalue weighted by Gasteiger charge is -2.17. The summed E-state index contributed by atoms with van der Waals surface area (Å²) in [5.41, 5.74) is 21.0. The molecule has 374 valence electrons. The van der Waals surface area contributed by atoms with E-state index in [-0.39, 0.29) is 0 Å². The van der Waals surface area contributed by atoms with Gasteiger partial charge in [-0.25, -0.2) is 15.0 Å². The molecule has 0 aliphatic heterocycles. The Hall–Kier alpha value is -10.8. The number of fused-ring (bicyclic) bond motifs is 6. The molecule has 15 aromatic rings. The lowest BCUT2D eigenvalue weighted by Crippen LogP contribution is -2.02. The van der Waals surface area contributed by atoms with Gasteiger partial charge in [-0.3, -0.25) is 0 Å². The monoisotopic (exact) mass is 1020 g/mol. The number of hydrogen-bond acceptors (Lipinski definition) is 3. The van der Waals surface area contributed by atoms with Crippen LogP contribution in [0, 0.1) is 0 Å². The van der Waals surface area contributed by atoms with Crippen LogP contribution in [0.3, 0.4) is 0 Å². The van der Waals surface area contributed by atoms with E-state index < -0.39 is 0 Å². The van der Waals surface area contributed by atoms with Crippen molar-refractivity contribution >= 4 is 43.6 Å². The highest BCUT2D eigenvalue weighted by Crippen LogP contribution is 2.41. The minimum absolute atomic E-state index is 0.600. The fourth-order valence-electron chi connectivity index (χ4n) is 11.7. The van der Waals surface area contributed by atoms with Crippen molar-refractivity contribution in [2.24, 2.45) is 0 Å². The van der Waals surface area contributed by atoms with E-state index in [4.69, 9.17) is 15.0 Å². The molecule has 0 bridgehead atoms. The molecule has 0 amide bonds. The van der Waals surface area contributed by atoms with Gasteiger partial charge in [0.15, 0.2) is 17.5 Å². The van der Waals surface area contributed by atoms with Gasteiger partial charge < -0.3 is 9.13 Å². The minimum Gasteiger partial charge on any atom is -0.309 e. The second kappa shape index (κ2) is 19.7. The Bertz CT molecular complexity index is 4680. The first kappa shape index (κ1) is 46.5. The SMILES string of the molecule is c1ccc(-c2cccc(-c3ccc(-n4c5ccccc5c5ccccc54)c(-c4ccc(-c5ccc(-c6nc(-c7ccccc7)nc(-c7ccc(-c8ccccc8)c(-n8c9ccccc9c9ccccc98)c7)n6)cc5)cc4)c3)c2)cc1. The summed E-state index contributed by atoms with van der Waals surface area (Å²) < 4.78 is 4.81. The van der Waals surface area contributed by atoms with Gasteiger partial charge in [0, 0.05) is 49.4 Å². The van der Waals surface area contributed by atoms with Crippen LogP contribution in [0.15, 0.2) is 297 Å². The maximum absolute atomic E-state index is 5.28. The average Bonchev–Trinajstić information content (AvgIpc) is 4.13. The molecule has 0 N–H and O–H groups in total. The van der Waals surface area contributed by atoms with Gasteiger partial charge in [0.25, 0.3) is 0 Å². The predicted octanol–water partition coefficient (Wildman–Crippen LogP) is 19.4. The van der Waals surface area contributed by atoms with E-state index in [0.717, 1.165) is 78.0 Å². The van der Waals surface area contributed by atoms with Crippen molar-refractivity contribution in [1.82, 2.24) is 24.1 Å². The quantitative estimate of drug-likeness (QED) is 0.137. The second-order valence-electron chi connectivity index (χ2n) is 20.3. The Morgan fingerprint density at radius 3 is 1.04 bits per heavy atom. The predicted molar refractivity (Wildman–Crippen MR) is 332 cm³/mol. The Morgan fingerprint density at radius 1 is 0.188 bits per heavy atom. The van der Waals surface area contributed by atoms with Crippen molar-refractivity contribution in [3.63, 3.8) is 0 Å². The van der Waals surface area contributed by atoms with E-state index in [1.165, 1.54) is 49.3 Å². The summed E-state index contributed by atoms with van der Waals surface area (Å²) in [6.07, 6.45) is 0. The van der Waals surface area contributed by atoms with Gasteiger partial charge in [0.05, 0.1) is 33.4 Å². The molecule has 3 aromatic heterocycles. The Morgan fingerprint density at radius 2 is 0.512 bits per heavy atom. The van der Waals surface area contributed by atoms with Gasteiger partial charge in [0.1, 0.15) is 0 Å². The van der Waals surface area contributed by atoms with E-state index in [1.807, 2.05) is 18.2 Å². The first-order valence-corrected chi connectivity index (χ1v) is 27.2. The van der Waals surface area contributed by atoms with E-state index in [2.05, 4.69) is 288 Å². The zero-order chi connectivity index (χ0) is 52.9. The Labute approximate surface area is 463 Å². The minimum atomic E-state index is 0.600. The van der Waals surface area contributed by atoms with E-state index in [9.17, 15) is 0 Å². The van der Waals surface area contributed by atoms with Gasteiger partial charge >= 0.3 is 0 Å². The van der Waals surface area contributed by atoms with Crippen molar-refractivity contribution in [3.05, 3.63) is 297 Å². The summed E-state index contributed by atoms with van der Waals surface area (Å²) in [5.74, 6) is 1.82. The molecule has 0 saturated heterocycles. The van der Waals surface area contributed by atoms with E-state index in [1.54, 1.807) is 0 Å². The highest BCUT2D eigenvalue weighted by Gasteiger charge is 2.21. The molecule has 3 heterocycles. The molecule has 0 fully saturated rings. The molecule has 0 aliphatic rings. The molecule has 5 nitrogen and oxygen atoms in total. The molecule has 0 spiro atoms. The average molecular weight is 1020 g/mol. The zero-order valence-electron chi connectivity index (χ0n) is 43.5. The van der Waals surface area contributed by atoms with Gasteiger partial charge in [-0.15, -0.1) is 0 Å². The number of hydrogen-bond donors (Lipinski definition) is 0. The van der Waals surface area contributed by atoms with Crippen LogP contribution in [0.5, 0.6) is 0 Å². The van der Waals surface area contributed by atoms with Crippen LogP contribution in [0.2, 0.25) is 0 Å². The lowest BCUT2D eigenvalue weighted by molar-refractivity contribution is 1.07. The number of nitrogens with zero attached hydrogens (tertiary/aromatic N) is 5. The maximum atomic E-state index is 5.28. The molecular weight excluding hydrogens is 971 g/mol. The van der Waals surface area contributed by atoms with E-state index >= 15 is 0 Å².